The van der Waals surface area contributed by atoms with Crippen molar-refractivity contribution in [3.8, 4) is 0 Å². The minimum Gasteiger partial charge on any atom is -0.369 e. The lowest BCUT2D eigenvalue weighted by Crippen LogP contribution is -2.37. The van der Waals surface area contributed by atoms with E-state index in [4.69, 9.17) is 5.73 Å². The number of hydrogen-bond acceptors (Lipinski definition) is 1. The van der Waals surface area contributed by atoms with E-state index in [-0.39, 0.29) is 11.3 Å². The molecule has 2 N–H and O–H groups in total. The Bertz CT molecular complexity index is 186. The summed E-state index contributed by atoms with van der Waals surface area (Å²) >= 11 is 0. The summed E-state index contributed by atoms with van der Waals surface area (Å²) in [5.74, 6) is -0.135. The summed E-state index contributed by atoms with van der Waals surface area (Å²) in [6.45, 7) is 2.03. The Morgan fingerprint density at radius 3 is 2.64 bits per heavy atom. The van der Waals surface area contributed by atoms with Gasteiger partial charge in [-0.3, -0.25) is 4.79 Å². The molecular weight excluding hydrogens is 138 g/mol. The van der Waals surface area contributed by atoms with E-state index < -0.39 is 0 Å². The van der Waals surface area contributed by atoms with E-state index in [2.05, 4.69) is 12.2 Å². The first-order valence-corrected chi connectivity index (χ1v) is 4.16. The van der Waals surface area contributed by atoms with Crippen LogP contribution in [0.3, 0.4) is 0 Å². The van der Waals surface area contributed by atoms with Crippen molar-refractivity contribution in [2.24, 2.45) is 11.1 Å². The molecule has 0 aromatic heterocycles. The van der Waals surface area contributed by atoms with Gasteiger partial charge in [-0.25, -0.2) is 0 Å². The molecule has 2 heteroatoms. The van der Waals surface area contributed by atoms with Gasteiger partial charge in [0.1, 0.15) is 0 Å². The predicted octanol–water partition coefficient (Wildman–Crippen LogP) is 1.61. The van der Waals surface area contributed by atoms with Gasteiger partial charge >= 0.3 is 0 Å². The van der Waals surface area contributed by atoms with Crippen molar-refractivity contribution in [3.63, 3.8) is 0 Å². The Morgan fingerprint density at radius 2 is 2.36 bits per heavy atom. The fraction of sp³-hybridized carbons (Fsp3) is 0.667. The molecule has 0 aromatic carbocycles. The Balaban J connectivity index is 2.75. The van der Waals surface area contributed by atoms with Crippen LogP contribution in [-0.4, -0.2) is 5.91 Å². The molecule has 1 aliphatic carbocycles. The third-order valence-electron chi connectivity index (χ3n) is 2.66. The lowest BCUT2D eigenvalue weighted by atomic mass is 9.74. The topological polar surface area (TPSA) is 43.1 Å². The van der Waals surface area contributed by atoms with Gasteiger partial charge in [0.2, 0.25) is 5.91 Å². The van der Waals surface area contributed by atoms with E-state index >= 15 is 0 Å². The van der Waals surface area contributed by atoms with Crippen molar-refractivity contribution in [3.05, 3.63) is 12.2 Å². The van der Waals surface area contributed by atoms with Crippen LogP contribution in [0.4, 0.5) is 0 Å². The predicted molar refractivity (Wildman–Crippen MR) is 44.9 cm³/mol. The molecule has 0 aliphatic heterocycles. The summed E-state index contributed by atoms with van der Waals surface area (Å²) in [7, 11) is 0. The number of carbonyl (C=O) groups excluding carboxylic acids is 1. The standard InChI is InChI=1S/C9H15NO/c1-2-9(8(10)11)6-4-3-5-7-9/h3-4H,2,5-7H2,1H3,(H2,10,11). The summed E-state index contributed by atoms with van der Waals surface area (Å²) in [5.41, 5.74) is 5.11. The Hall–Kier alpha value is -0.790. The SMILES string of the molecule is CCC1(C(N)=O)CC=CCC1. The number of primary amides is 1. The number of carbonyl (C=O) groups is 1. The van der Waals surface area contributed by atoms with E-state index in [0.29, 0.717) is 0 Å². The summed E-state index contributed by atoms with van der Waals surface area (Å²) in [6.07, 6.45) is 7.81. The molecule has 0 saturated heterocycles. The largest absolute Gasteiger partial charge is 0.369 e. The van der Waals surface area contributed by atoms with E-state index in [1.165, 1.54) is 0 Å². The maximum atomic E-state index is 11.1. The van der Waals surface area contributed by atoms with Gasteiger partial charge in [-0.05, 0) is 25.7 Å². The highest BCUT2D eigenvalue weighted by atomic mass is 16.1. The Morgan fingerprint density at radius 1 is 1.64 bits per heavy atom. The Kier molecular flexibility index (Phi) is 2.32. The van der Waals surface area contributed by atoms with Gasteiger partial charge in [0.15, 0.2) is 0 Å². The van der Waals surface area contributed by atoms with Crippen LogP contribution in [0.1, 0.15) is 32.6 Å². The second-order valence-corrected chi connectivity index (χ2v) is 3.21. The van der Waals surface area contributed by atoms with Crippen molar-refractivity contribution < 1.29 is 4.79 Å². The average molecular weight is 153 g/mol. The smallest absolute Gasteiger partial charge is 0.223 e. The number of amides is 1. The monoisotopic (exact) mass is 153 g/mol. The summed E-state index contributed by atoms with van der Waals surface area (Å²) in [6, 6.07) is 0. The minimum absolute atomic E-state index is 0.135. The van der Waals surface area contributed by atoms with Crippen LogP contribution in [-0.2, 0) is 4.79 Å². The second kappa shape index (κ2) is 3.07. The lowest BCUT2D eigenvalue weighted by Gasteiger charge is -2.30. The van der Waals surface area contributed by atoms with E-state index in [9.17, 15) is 4.79 Å². The molecule has 1 atom stereocenters. The molecule has 0 heterocycles. The maximum absolute atomic E-state index is 11.1. The number of rotatable bonds is 2. The minimum atomic E-state index is -0.227. The molecule has 0 saturated carbocycles. The quantitative estimate of drug-likeness (QED) is 0.602. The van der Waals surface area contributed by atoms with Crippen LogP contribution < -0.4 is 5.73 Å². The maximum Gasteiger partial charge on any atom is 0.223 e. The Labute approximate surface area is 67.5 Å². The van der Waals surface area contributed by atoms with E-state index in [0.717, 1.165) is 25.7 Å². The van der Waals surface area contributed by atoms with Crippen LogP contribution in [0.15, 0.2) is 12.2 Å². The van der Waals surface area contributed by atoms with Gasteiger partial charge in [-0.15, -0.1) is 0 Å². The molecule has 1 rings (SSSR count). The number of allylic oxidation sites excluding steroid dienone is 2. The van der Waals surface area contributed by atoms with Crippen molar-refractivity contribution in [2.45, 2.75) is 32.6 Å². The molecule has 1 unspecified atom stereocenters. The molecule has 0 aromatic rings. The molecule has 1 amide bonds. The normalized spacial score (nSPS) is 30.3. The molecule has 0 bridgehead atoms. The first kappa shape index (κ1) is 8.31. The fourth-order valence-electron chi connectivity index (χ4n) is 1.61. The molecule has 0 fully saturated rings. The zero-order valence-corrected chi connectivity index (χ0v) is 6.97. The van der Waals surface area contributed by atoms with Crippen LogP contribution >= 0.6 is 0 Å². The highest BCUT2D eigenvalue weighted by Crippen LogP contribution is 2.35. The number of nitrogens with two attached hydrogens (primary N) is 1. The lowest BCUT2D eigenvalue weighted by molar-refractivity contribution is -0.128. The van der Waals surface area contributed by atoms with Crippen molar-refractivity contribution in [1.29, 1.82) is 0 Å². The van der Waals surface area contributed by atoms with Crippen molar-refractivity contribution in [2.75, 3.05) is 0 Å². The number of hydrogen-bond donors (Lipinski definition) is 1. The van der Waals surface area contributed by atoms with E-state index in [1.54, 1.807) is 0 Å². The highest BCUT2D eigenvalue weighted by molar-refractivity contribution is 5.81. The van der Waals surface area contributed by atoms with Crippen LogP contribution in [0.2, 0.25) is 0 Å². The summed E-state index contributed by atoms with van der Waals surface area (Å²) in [5, 5.41) is 0. The first-order valence-electron chi connectivity index (χ1n) is 4.16. The highest BCUT2D eigenvalue weighted by Gasteiger charge is 2.33. The van der Waals surface area contributed by atoms with Crippen molar-refractivity contribution in [1.82, 2.24) is 0 Å². The van der Waals surface area contributed by atoms with Crippen LogP contribution in [0, 0.1) is 5.41 Å². The summed E-state index contributed by atoms with van der Waals surface area (Å²) < 4.78 is 0. The first-order chi connectivity index (χ1) is 5.21. The molecule has 2 nitrogen and oxygen atoms in total. The zero-order valence-electron chi connectivity index (χ0n) is 6.97. The fourth-order valence-corrected chi connectivity index (χ4v) is 1.61. The van der Waals surface area contributed by atoms with Gasteiger partial charge in [0, 0.05) is 0 Å². The summed E-state index contributed by atoms with van der Waals surface area (Å²) in [4.78, 5) is 11.1. The second-order valence-electron chi connectivity index (χ2n) is 3.21. The molecule has 0 spiro atoms. The average Bonchev–Trinajstić information content (AvgIpc) is 2.05. The van der Waals surface area contributed by atoms with Gasteiger partial charge < -0.3 is 5.73 Å². The molecular formula is C9H15NO. The van der Waals surface area contributed by atoms with Crippen LogP contribution in [0.25, 0.3) is 0 Å². The van der Waals surface area contributed by atoms with Crippen molar-refractivity contribution >= 4 is 5.91 Å². The molecule has 0 radical (unpaired) electrons. The molecule has 11 heavy (non-hydrogen) atoms. The van der Waals surface area contributed by atoms with Crippen LogP contribution in [0.5, 0.6) is 0 Å². The molecule has 1 aliphatic rings. The van der Waals surface area contributed by atoms with E-state index in [1.807, 2.05) is 6.92 Å². The zero-order chi connectivity index (χ0) is 8.32. The van der Waals surface area contributed by atoms with Gasteiger partial charge in [0.25, 0.3) is 0 Å². The van der Waals surface area contributed by atoms with Gasteiger partial charge in [-0.1, -0.05) is 19.1 Å². The third-order valence-corrected chi connectivity index (χ3v) is 2.66. The molecule has 62 valence electrons. The van der Waals surface area contributed by atoms with Gasteiger partial charge in [-0.2, -0.15) is 0 Å². The third kappa shape index (κ3) is 1.44. The van der Waals surface area contributed by atoms with Gasteiger partial charge in [0.05, 0.1) is 5.41 Å².